The molecule has 0 aromatic rings. The molecular weight excluding hydrogens is 153 g/mol. The normalized spacial score (nSPS) is 35.1. The predicted molar refractivity (Wildman–Crippen MR) is 41.3 cm³/mol. The van der Waals surface area contributed by atoms with Gasteiger partial charge in [-0.3, -0.25) is 0 Å². The molecule has 1 aliphatic heterocycles. The van der Waals surface area contributed by atoms with Crippen molar-refractivity contribution in [2.75, 3.05) is 6.54 Å². The van der Waals surface area contributed by atoms with Gasteiger partial charge in [0, 0.05) is 5.54 Å². The van der Waals surface area contributed by atoms with E-state index in [1.54, 1.807) is 0 Å². The maximum absolute atomic E-state index is 12.7. The van der Waals surface area contributed by atoms with Crippen LogP contribution in [0.4, 0.5) is 4.39 Å². The van der Waals surface area contributed by atoms with Crippen LogP contribution >= 0.6 is 12.4 Å². The number of alkyl halides is 1. The van der Waals surface area contributed by atoms with Crippen molar-refractivity contribution in [3.8, 4) is 0 Å². The van der Waals surface area contributed by atoms with Crippen molar-refractivity contribution in [2.45, 2.75) is 37.4 Å². The van der Waals surface area contributed by atoms with Crippen LogP contribution in [0.2, 0.25) is 0 Å². The van der Waals surface area contributed by atoms with Crippen LogP contribution in [0, 0.1) is 0 Å². The van der Waals surface area contributed by atoms with Crippen molar-refractivity contribution in [3.63, 3.8) is 0 Å². The Morgan fingerprint density at radius 2 is 2.10 bits per heavy atom. The van der Waals surface area contributed by atoms with E-state index in [0.29, 0.717) is 0 Å². The summed E-state index contributed by atoms with van der Waals surface area (Å²) < 4.78 is 12.7. The highest BCUT2D eigenvalue weighted by molar-refractivity contribution is 5.85. The van der Waals surface area contributed by atoms with Crippen LogP contribution in [0.15, 0.2) is 0 Å². The van der Waals surface area contributed by atoms with Crippen LogP contribution in [0.1, 0.15) is 25.7 Å². The average Bonchev–Trinajstić information content (AvgIpc) is 2.49. The van der Waals surface area contributed by atoms with E-state index in [4.69, 9.17) is 0 Å². The number of nitrogens with one attached hydrogen (secondary N) is 1. The Morgan fingerprint density at radius 3 is 2.50 bits per heavy atom. The van der Waals surface area contributed by atoms with Crippen LogP contribution in [0.3, 0.4) is 0 Å². The molecule has 2 rings (SSSR count). The van der Waals surface area contributed by atoms with Gasteiger partial charge < -0.3 is 5.32 Å². The van der Waals surface area contributed by atoms with E-state index in [1.165, 1.54) is 12.8 Å². The minimum atomic E-state index is -0.520. The summed E-state index contributed by atoms with van der Waals surface area (Å²) in [6, 6.07) is 0. The third kappa shape index (κ3) is 1.43. The van der Waals surface area contributed by atoms with Crippen molar-refractivity contribution in [1.29, 1.82) is 0 Å². The summed E-state index contributed by atoms with van der Waals surface area (Å²) in [7, 11) is 0. The first-order chi connectivity index (χ1) is 4.31. The van der Waals surface area contributed by atoms with Gasteiger partial charge in [-0.05, 0) is 32.2 Å². The molecule has 2 fully saturated rings. The molecule has 1 N–H and O–H groups in total. The van der Waals surface area contributed by atoms with Crippen LogP contribution in [0.25, 0.3) is 0 Å². The van der Waals surface area contributed by atoms with Gasteiger partial charge in [-0.25, -0.2) is 4.39 Å². The molecule has 0 amide bonds. The lowest BCUT2D eigenvalue weighted by Crippen LogP contribution is -2.40. The summed E-state index contributed by atoms with van der Waals surface area (Å²) in [5.41, 5.74) is 0.275. The fraction of sp³-hybridized carbons (Fsp3) is 1.00. The highest BCUT2D eigenvalue weighted by Gasteiger charge is 2.45. The zero-order chi connectivity index (χ0) is 6.32. The molecule has 1 nitrogen and oxygen atoms in total. The van der Waals surface area contributed by atoms with Gasteiger partial charge in [0.25, 0.3) is 0 Å². The smallest absolute Gasteiger partial charge is 0.103 e. The molecular formula is C7H13ClFN. The van der Waals surface area contributed by atoms with Crippen molar-refractivity contribution in [3.05, 3.63) is 0 Å². The van der Waals surface area contributed by atoms with Crippen LogP contribution in [-0.4, -0.2) is 18.3 Å². The molecule has 0 aromatic carbocycles. The molecule has 1 heterocycles. The highest BCUT2D eigenvalue weighted by atomic mass is 35.5. The maximum Gasteiger partial charge on any atom is 0.103 e. The van der Waals surface area contributed by atoms with Crippen molar-refractivity contribution in [2.24, 2.45) is 0 Å². The molecule has 3 heteroatoms. The molecule has 1 spiro atoms. The Labute approximate surface area is 66.8 Å². The first kappa shape index (κ1) is 8.28. The number of hydrogen-bond acceptors (Lipinski definition) is 1. The first-order valence-corrected chi connectivity index (χ1v) is 3.70. The monoisotopic (exact) mass is 165 g/mol. The second-order valence-corrected chi connectivity index (χ2v) is 3.30. The average molecular weight is 166 g/mol. The molecule has 1 saturated carbocycles. The second-order valence-electron chi connectivity index (χ2n) is 3.30. The number of rotatable bonds is 0. The van der Waals surface area contributed by atoms with Gasteiger partial charge in [0.05, 0.1) is 0 Å². The summed E-state index contributed by atoms with van der Waals surface area (Å²) >= 11 is 0. The molecule has 2 aliphatic rings. The summed E-state index contributed by atoms with van der Waals surface area (Å²) in [5, 5.41) is 3.36. The quantitative estimate of drug-likeness (QED) is 0.576. The van der Waals surface area contributed by atoms with Crippen molar-refractivity contribution >= 4 is 12.4 Å². The Balaban J connectivity index is 0.000000500. The Bertz CT molecular complexity index is 125. The van der Waals surface area contributed by atoms with E-state index < -0.39 is 6.17 Å². The summed E-state index contributed by atoms with van der Waals surface area (Å²) in [5.74, 6) is 0. The SMILES string of the molecule is Cl.FC1CCNC2(CC2)C1. The minimum Gasteiger partial charge on any atom is -0.311 e. The predicted octanol–water partition coefficient (Wildman–Crippen LogP) is 1.66. The molecule has 1 unspecified atom stereocenters. The Kier molecular flexibility index (Phi) is 2.21. The minimum absolute atomic E-state index is 0. The van der Waals surface area contributed by atoms with Crippen molar-refractivity contribution < 1.29 is 4.39 Å². The molecule has 0 bridgehead atoms. The molecule has 1 atom stereocenters. The van der Waals surface area contributed by atoms with E-state index >= 15 is 0 Å². The first-order valence-electron chi connectivity index (χ1n) is 3.70. The standard InChI is InChI=1S/C7H12FN.ClH/c8-6-1-4-9-7(5-6)2-3-7;/h6,9H,1-5H2;1H. The van der Waals surface area contributed by atoms with Gasteiger partial charge in [0.1, 0.15) is 6.17 Å². The van der Waals surface area contributed by atoms with E-state index in [0.717, 1.165) is 19.4 Å². The van der Waals surface area contributed by atoms with E-state index in [-0.39, 0.29) is 17.9 Å². The van der Waals surface area contributed by atoms with Crippen LogP contribution in [0.5, 0.6) is 0 Å². The van der Waals surface area contributed by atoms with E-state index in [9.17, 15) is 4.39 Å². The highest BCUT2D eigenvalue weighted by Crippen LogP contribution is 2.42. The van der Waals surface area contributed by atoms with Gasteiger partial charge in [0.2, 0.25) is 0 Å². The Hall–Kier alpha value is 0.180. The Morgan fingerprint density at radius 1 is 1.40 bits per heavy atom. The topological polar surface area (TPSA) is 12.0 Å². The summed E-state index contributed by atoms with van der Waals surface area (Å²) in [6.45, 7) is 0.890. The lowest BCUT2D eigenvalue weighted by atomic mass is 10.0. The molecule has 0 aromatic heterocycles. The van der Waals surface area contributed by atoms with Gasteiger partial charge in [-0.1, -0.05) is 0 Å². The van der Waals surface area contributed by atoms with Gasteiger partial charge in [-0.2, -0.15) is 0 Å². The molecule has 1 aliphatic carbocycles. The lowest BCUT2D eigenvalue weighted by Gasteiger charge is -2.25. The zero-order valence-electron chi connectivity index (χ0n) is 5.90. The van der Waals surface area contributed by atoms with Crippen molar-refractivity contribution in [1.82, 2.24) is 5.32 Å². The zero-order valence-corrected chi connectivity index (χ0v) is 6.72. The largest absolute Gasteiger partial charge is 0.311 e. The van der Waals surface area contributed by atoms with Crippen LogP contribution in [-0.2, 0) is 0 Å². The number of hydrogen-bond donors (Lipinski definition) is 1. The fourth-order valence-electron chi connectivity index (χ4n) is 1.62. The number of halogens is 2. The summed E-state index contributed by atoms with van der Waals surface area (Å²) in [4.78, 5) is 0. The van der Waals surface area contributed by atoms with Crippen LogP contribution < -0.4 is 5.32 Å². The molecule has 0 radical (unpaired) electrons. The molecule has 10 heavy (non-hydrogen) atoms. The maximum atomic E-state index is 12.7. The van der Waals surface area contributed by atoms with E-state index in [2.05, 4.69) is 5.32 Å². The molecule has 60 valence electrons. The van der Waals surface area contributed by atoms with Gasteiger partial charge in [-0.15, -0.1) is 12.4 Å². The second kappa shape index (κ2) is 2.67. The third-order valence-electron chi connectivity index (χ3n) is 2.42. The fourth-order valence-corrected chi connectivity index (χ4v) is 1.62. The summed E-state index contributed by atoms with van der Waals surface area (Å²) in [6.07, 6.45) is 3.38. The molecule has 1 saturated heterocycles. The number of piperidine rings is 1. The third-order valence-corrected chi connectivity index (χ3v) is 2.42. The lowest BCUT2D eigenvalue weighted by molar-refractivity contribution is 0.213. The van der Waals surface area contributed by atoms with Gasteiger partial charge in [0.15, 0.2) is 0 Å². The van der Waals surface area contributed by atoms with Gasteiger partial charge >= 0.3 is 0 Å². The van der Waals surface area contributed by atoms with E-state index in [1.807, 2.05) is 0 Å².